The average Bonchev–Trinajstić information content (AvgIpc) is 1.98. The highest BCUT2D eigenvalue weighted by molar-refractivity contribution is 6.79. The molecule has 0 aromatic rings. The monoisotopic (exact) mass is 187 g/mol. The van der Waals surface area contributed by atoms with E-state index >= 15 is 0 Å². The highest BCUT2D eigenvalue weighted by Gasteiger charge is 2.37. The molecule has 1 N–H and O–H groups in total. The van der Waals surface area contributed by atoms with Crippen LogP contribution in [-0.2, 0) is 0 Å². The molecule has 0 aromatic heterocycles. The van der Waals surface area contributed by atoms with Crippen LogP contribution in [0.1, 0.15) is 41.0 Å². The molecule has 74 valence electrons. The first-order chi connectivity index (χ1) is 5.51. The molecule has 0 aromatic carbocycles. The smallest absolute Gasteiger partial charge is 0.130 e. The van der Waals surface area contributed by atoms with Crippen molar-refractivity contribution in [1.29, 1.82) is 0 Å². The summed E-state index contributed by atoms with van der Waals surface area (Å²) in [6.45, 7) is 11.8. The van der Waals surface area contributed by atoms with Crippen LogP contribution in [0.3, 0.4) is 0 Å². The second-order valence-electron chi connectivity index (χ2n) is 4.35. The summed E-state index contributed by atoms with van der Waals surface area (Å²) in [5.41, 5.74) is 1.70. The van der Waals surface area contributed by atoms with Crippen LogP contribution in [0.2, 0.25) is 17.1 Å². The van der Waals surface area contributed by atoms with Gasteiger partial charge in [-0.1, -0.05) is 41.0 Å². The minimum absolute atomic E-state index is 0.849. The molecule has 0 aliphatic rings. The maximum atomic E-state index is 3.65. The van der Waals surface area contributed by atoms with Gasteiger partial charge in [0, 0.05) is 0 Å². The van der Waals surface area contributed by atoms with Gasteiger partial charge in [-0.3, -0.25) is 0 Å². The summed E-state index contributed by atoms with van der Waals surface area (Å²) in [5, 5.41) is 0. The summed E-state index contributed by atoms with van der Waals surface area (Å²) in [6, 6.07) is 1.42. The number of hydrogen-bond acceptors (Lipinski definition) is 1. The average molecular weight is 187 g/mol. The van der Waals surface area contributed by atoms with Gasteiger partial charge in [0.15, 0.2) is 0 Å². The largest absolute Gasteiger partial charge is 0.339 e. The fraction of sp³-hybridized carbons (Fsp3) is 1.00. The molecular weight excluding hydrogens is 162 g/mol. The molecule has 0 heterocycles. The van der Waals surface area contributed by atoms with Crippen LogP contribution in [0.4, 0.5) is 0 Å². The quantitative estimate of drug-likeness (QED) is 0.651. The van der Waals surface area contributed by atoms with Crippen molar-refractivity contribution in [3.63, 3.8) is 0 Å². The van der Waals surface area contributed by atoms with Crippen LogP contribution in [0.5, 0.6) is 0 Å². The van der Waals surface area contributed by atoms with Crippen LogP contribution in [0, 0.1) is 0 Å². The van der Waals surface area contributed by atoms with Gasteiger partial charge >= 0.3 is 0 Å². The van der Waals surface area contributed by atoms with Gasteiger partial charge in [-0.15, -0.1) is 0 Å². The number of rotatable bonds is 5. The molecule has 0 atom stereocenters. The third kappa shape index (κ3) is 2.33. The molecule has 0 saturated carbocycles. The molecular formula is C10H25NSi. The molecule has 0 aliphatic carbocycles. The van der Waals surface area contributed by atoms with E-state index in [4.69, 9.17) is 0 Å². The van der Waals surface area contributed by atoms with Gasteiger partial charge in [0.1, 0.15) is 8.24 Å². The first-order valence-electron chi connectivity index (χ1n) is 5.20. The standard InChI is InChI=1S/C10H25NSi/c1-7-8-12(11-6,9(2)3)10(4)5/h9-11H,7-8H2,1-6H3. The lowest BCUT2D eigenvalue weighted by atomic mass is 10.5. The molecule has 0 rings (SSSR count). The normalized spacial score (nSPS) is 13.0. The Morgan fingerprint density at radius 3 is 1.58 bits per heavy atom. The van der Waals surface area contributed by atoms with E-state index in [1.54, 1.807) is 0 Å². The lowest BCUT2D eigenvalue weighted by Gasteiger charge is -2.38. The molecule has 0 fully saturated rings. The molecule has 2 heteroatoms. The number of nitrogens with one attached hydrogen (secondary N) is 1. The second kappa shape index (κ2) is 5.03. The lowest BCUT2D eigenvalue weighted by molar-refractivity contribution is 0.802. The van der Waals surface area contributed by atoms with Gasteiger partial charge in [0.05, 0.1) is 0 Å². The Morgan fingerprint density at radius 2 is 1.50 bits per heavy atom. The SMILES string of the molecule is CCC[Si](NC)(C(C)C)C(C)C. The fourth-order valence-electron chi connectivity index (χ4n) is 2.36. The Morgan fingerprint density at radius 1 is 1.08 bits per heavy atom. The molecule has 1 nitrogen and oxygen atoms in total. The highest BCUT2D eigenvalue weighted by atomic mass is 28.3. The summed E-state index contributed by atoms with van der Waals surface area (Å²) in [5.74, 6) is 0. The summed E-state index contributed by atoms with van der Waals surface area (Å²) in [7, 11) is 0.980. The molecule has 0 amide bonds. The van der Waals surface area contributed by atoms with E-state index in [-0.39, 0.29) is 0 Å². The van der Waals surface area contributed by atoms with Crippen molar-refractivity contribution >= 4 is 8.24 Å². The summed E-state index contributed by atoms with van der Waals surface area (Å²) in [6.07, 6.45) is 1.32. The predicted molar refractivity (Wildman–Crippen MR) is 60.1 cm³/mol. The maximum absolute atomic E-state index is 3.65. The highest BCUT2D eigenvalue weighted by Crippen LogP contribution is 2.33. The number of hydrogen-bond donors (Lipinski definition) is 1. The van der Waals surface area contributed by atoms with Crippen molar-refractivity contribution in [2.24, 2.45) is 0 Å². The third-order valence-electron chi connectivity index (χ3n) is 3.19. The van der Waals surface area contributed by atoms with Gasteiger partial charge < -0.3 is 4.98 Å². The zero-order chi connectivity index (χ0) is 9.78. The molecule has 0 radical (unpaired) electrons. The van der Waals surface area contributed by atoms with Crippen LogP contribution in [0.25, 0.3) is 0 Å². The van der Waals surface area contributed by atoms with E-state index in [0.29, 0.717) is 0 Å². The summed E-state index contributed by atoms with van der Waals surface area (Å²) in [4.78, 5) is 3.65. The zero-order valence-corrected chi connectivity index (χ0v) is 10.6. The third-order valence-corrected chi connectivity index (χ3v) is 9.57. The summed E-state index contributed by atoms with van der Waals surface area (Å²) < 4.78 is 0. The van der Waals surface area contributed by atoms with Gasteiger partial charge in [-0.25, -0.2) is 0 Å². The van der Waals surface area contributed by atoms with Crippen molar-refractivity contribution in [3.05, 3.63) is 0 Å². The topological polar surface area (TPSA) is 12.0 Å². The predicted octanol–water partition coefficient (Wildman–Crippen LogP) is 3.38. The molecule has 12 heavy (non-hydrogen) atoms. The Bertz CT molecular complexity index is 113. The van der Waals surface area contributed by atoms with E-state index in [0.717, 1.165) is 11.1 Å². The molecule has 0 spiro atoms. The first-order valence-corrected chi connectivity index (χ1v) is 7.56. The van der Waals surface area contributed by atoms with Crippen LogP contribution >= 0.6 is 0 Å². The van der Waals surface area contributed by atoms with Crippen LogP contribution in [0.15, 0.2) is 0 Å². The lowest BCUT2D eigenvalue weighted by Crippen LogP contribution is -2.53. The van der Waals surface area contributed by atoms with Gasteiger partial charge in [0.25, 0.3) is 0 Å². The maximum Gasteiger partial charge on any atom is 0.130 e. The zero-order valence-electron chi connectivity index (χ0n) is 9.57. The van der Waals surface area contributed by atoms with Crippen molar-refractivity contribution in [2.75, 3.05) is 7.05 Å². The van der Waals surface area contributed by atoms with Crippen molar-refractivity contribution in [1.82, 2.24) is 4.98 Å². The molecule has 0 aliphatic heterocycles. The summed E-state index contributed by atoms with van der Waals surface area (Å²) >= 11 is 0. The van der Waals surface area contributed by atoms with Gasteiger partial charge in [-0.05, 0) is 24.2 Å². The molecule has 0 bridgehead atoms. The van der Waals surface area contributed by atoms with E-state index in [9.17, 15) is 0 Å². The van der Waals surface area contributed by atoms with E-state index in [1.165, 1.54) is 12.5 Å². The molecule has 0 unspecified atom stereocenters. The Balaban J connectivity index is 4.51. The van der Waals surface area contributed by atoms with Gasteiger partial charge in [0.2, 0.25) is 0 Å². The van der Waals surface area contributed by atoms with Crippen molar-refractivity contribution < 1.29 is 0 Å². The van der Waals surface area contributed by atoms with E-state index < -0.39 is 8.24 Å². The van der Waals surface area contributed by atoms with Crippen LogP contribution < -0.4 is 4.98 Å². The Kier molecular flexibility index (Phi) is 5.10. The van der Waals surface area contributed by atoms with E-state index in [1.807, 2.05) is 0 Å². The first kappa shape index (κ1) is 12.2. The van der Waals surface area contributed by atoms with E-state index in [2.05, 4.69) is 46.6 Å². The second-order valence-corrected chi connectivity index (χ2v) is 9.74. The minimum atomic E-state index is -1.17. The Hall–Kier alpha value is 0.177. The minimum Gasteiger partial charge on any atom is -0.339 e. The van der Waals surface area contributed by atoms with Gasteiger partial charge in [-0.2, -0.15) is 0 Å². The molecule has 0 saturated heterocycles. The fourth-order valence-corrected chi connectivity index (χ4v) is 7.08. The van der Waals surface area contributed by atoms with Crippen molar-refractivity contribution in [3.8, 4) is 0 Å². The Labute approximate surface area is 79.0 Å². The van der Waals surface area contributed by atoms with Crippen molar-refractivity contribution in [2.45, 2.75) is 58.2 Å². The van der Waals surface area contributed by atoms with Crippen LogP contribution in [-0.4, -0.2) is 15.3 Å².